The van der Waals surface area contributed by atoms with Crippen LogP contribution in [0.2, 0.25) is 0 Å². The number of nitrogens with one attached hydrogen (secondary N) is 1. The number of carbonyl (C=O) groups excluding carboxylic acids is 1. The van der Waals surface area contributed by atoms with E-state index in [9.17, 15) is 14.7 Å². The maximum absolute atomic E-state index is 11.5. The van der Waals surface area contributed by atoms with E-state index >= 15 is 0 Å². The van der Waals surface area contributed by atoms with Gasteiger partial charge in [-0.25, -0.2) is 9.59 Å². The zero-order valence-electron chi connectivity index (χ0n) is 12.6. The molecule has 1 aliphatic heterocycles. The molecule has 0 fully saturated rings. The summed E-state index contributed by atoms with van der Waals surface area (Å²) in [6.07, 6.45) is 2.02. The number of rotatable bonds is 6. The van der Waals surface area contributed by atoms with Crippen molar-refractivity contribution in [2.45, 2.75) is 26.3 Å². The average Bonchev–Trinajstić information content (AvgIpc) is 2.91. The van der Waals surface area contributed by atoms with Crippen molar-refractivity contribution in [3.63, 3.8) is 0 Å². The van der Waals surface area contributed by atoms with E-state index in [1.165, 1.54) is 6.08 Å². The maximum Gasteiger partial charge on any atom is 0.332 e. The number of esters is 1. The first-order valence-electron chi connectivity index (χ1n) is 7.11. The van der Waals surface area contributed by atoms with Crippen LogP contribution in [0.3, 0.4) is 0 Å². The molecule has 2 rings (SSSR count). The Balaban J connectivity index is 2.17. The summed E-state index contributed by atoms with van der Waals surface area (Å²) in [4.78, 5) is 22.9. The van der Waals surface area contributed by atoms with Crippen molar-refractivity contribution in [1.82, 2.24) is 5.32 Å². The van der Waals surface area contributed by atoms with Crippen molar-refractivity contribution in [3.05, 3.63) is 41.1 Å². The number of aliphatic carboxylic acids is 1. The van der Waals surface area contributed by atoms with E-state index < -0.39 is 18.0 Å². The molecule has 0 aromatic heterocycles. The van der Waals surface area contributed by atoms with Crippen LogP contribution in [0, 0.1) is 0 Å². The molecule has 1 heterocycles. The molecule has 0 aliphatic carbocycles. The summed E-state index contributed by atoms with van der Waals surface area (Å²) in [5.41, 5.74) is 2.05. The fraction of sp³-hybridized carbons (Fsp3) is 0.375. The number of ether oxygens (including phenoxy) is 2. The van der Waals surface area contributed by atoms with Gasteiger partial charge in [-0.2, -0.15) is 0 Å². The molecule has 2 N–H and O–H groups in total. The Labute approximate surface area is 128 Å². The molecule has 1 aromatic rings. The summed E-state index contributed by atoms with van der Waals surface area (Å²) >= 11 is 0. The van der Waals surface area contributed by atoms with Gasteiger partial charge in [-0.1, -0.05) is 6.07 Å². The summed E-state index contributed by atoms with van der Waals surface area (Å²) in [5.74, 6) is -0.721. The lowest BCUT2D eigenvalue weighted by atomic mass is 10.0. The van der Waals surface area contributed by atoms with Gasteiger partial charge < -0.3 is 19.9 Å². The minimum atomic E-state index is -1.02. The minimum absolute atomic E-state index is 0.274. The van der Waals surface area contributed by atoms with E-state index in [-0.39, 0.29) is 6.61 Å². The van der Waals surface area contributed by atoms with Gasteiger partial charge in [0.2, 0.25) is 0 Å². The highest BCUT2D eigenvalue weighted by molar-refractivity contribution is 5.83. The number of fused-ring (bicyclic) bond motifs is 1. The number of allylic oxidation sites excluding steroid dienone is 1. The van der Waals surface area contributed by atoms with Crippen LogP contribution in [0.25, 0.3) is 0 Å². The Hall–Kier alpha value is -2.50. The molecular formula is C16H19NO5. The maximum atomic E-state index is 11.5. The van der Waals surface area contributed by atoms with Gasteiger partial charge in [0.05, 0.1) is 13.2 Å². The number of benzene rings is 1. The van der Waals surface area contributed by atoms with E-state index in [4.69, 9.17) is 9.47 Å². The van der Waals surface area contributed by atoms with Gasteiger partial charge >= 0.3 is 11.9 Å². The number of carboxylic acids is 1. The zero-order valence-corrected chi connectivity index (χ0v) is 12.6. The summed E-state index contributed by atoms with van der Waals surface area (Å²) in [6.45, 7) is 4.23. The van der Waals surface area contributed by atoms with Crippen molar-refractivity contribution in [2.75, 3.05) is 13.2 Å². The fourth-order valence-electron chi connectivity index (χ4n) is 2.30. The summed E-state index contributed by atoms with van der Waals surface area (Å²) < 4.78 is 10.2. The van der Waals surface area contributed by atoms with Crippen molar-refractivity contribution in [2.24, 2.45) is 0 Å². The normalized spacial score (nSPS) is 14.7. The topological polar surface area (TPSA) is 84.9 Å². The first kappa shape index (κ1) is 15.9. The molecule has 0 saturated carbocycles. The largest absolute Gasteiger partial charge is 0.493 e. The molecule has 0 spiro atoms. The van der Waals surface area contributed by atoms with E-state index in [0.717, 1.165) is 17.7 Å². The first-order valence-corrected chi connectivity index (χ1v) is 7.11. The van der Waals surface area contributed by atoms with Crippen molar-refractivity contribution < 1.29 is 24.2 Å². The van der Waals surface area contributed by atoms with Gasteiger partial charge in [0.1, 0.15) is 11.8 Å². The number of hydrogen-bond acceptors (Lipinski definition) is 5. The average molecular weight is 305 g/mol. The van der Waals surface area contributed by atoms with Crippen LogP contribution in [0.4, 0.5) is 0 Å². The highest BCUT2D eigenvalue weighted by Gasteiger charge is 2.22. The van der Waals surface area contributed by atoms with E-state index in [0.29, 0.717) is 17.9 Å². The van der Waals surface area contributed by atoms with Crippen LogP contribution in [-0.4, -0.2) is 30.3 Å². The molecule has 6 nitrogen and oxygen atoms in total. The quantitative estimate of drug-likeness (QED) is 0.616. The van der Waals surface area contributed by atoms with E-state index in [2.05, 4.69) is 5.32 Å². The highest BCUT2D eigenvalue weighted by Crippen LogP contribution is 2.28. The molecule has 1 aromatic carbocycles. The molecule has 1 atom stereocenters. The van der Waals surface area contributed by atoms with Gasteiger partial charge in [0.25, 0.3) is 0 Å². The fourth-order valence-corrected chi connectivity index (χ4v) is 2.30. The molecule has 0 saturated heterocycles. The SMILES string of the molecule is CCOC(=O)C=C(C)NC(C(=O)O)c1ccc2c(c1)CCO2. The Morgan fingerprint density at radius 1 is 1.50 bits per heavy atom. The van der Waals surface area contributed by atoms with Crippen LogP contribution in [0.15, 0.2) is 30.0 Å². The van der Waals surface area contributed by atoms with Crippen LogP contribution in [0.1, 0.15) is 31.0 Å². The lowest BCUT2D eigenvalue weighted by Crippen LogP contribution is -2.27. The third kappa shape index (κ3) is 3.78. The van der Waals surface area contributed by atoms with Gasteiger partial charge in [0.15, 0.2) is 0 Å². The van der Waals surface area contributed by atoms with Crippen LogP contribution in [-0.2, 0) is 20.7 Å². The van der Waals surface area contributed by atoms with Crippen LogP contribution >= 0.6 is 0 Å². The molecule has 1 aliphatic rings. The summed E-state index contributed by atoms with van der Waals surface area (Å²) in [7, 11) is 0. The summed E-state index contributed by atoms with van der Waals surface area (Å²) in [5, 5.41) is 12.3. The third-order valence-electron chi connectivity index (χ3n) is 3.29. The third-order valence-corrected chi connectivity index (χ3v) is 3.29. The number of hydrogen-bond donors (Lipinski definition) is 2. The van der Waals surface area contributed by atoms with Crippen LogP contribution in [0.5, 0.6) is 5.75 Å². The number of carboxylic acid groups (broad SMARTS) is 1. The molecule has 1 unspecified atom stereocenters. The standard InChI is InChI=1S/C16H19NO5/c1-3-21-14(18)8-10(2)17-15(16(19)20)12-4-5-13-11(9-12)6-7-22-13/h4-5,8-9,15,17H,3,6-7H2,1-2H3,(H,19,20). The lowest BCUT2D eigenvalue weighted by Gasteiger charge is -2.17. The van der Waals surface area contributed by atoms with Gasteiger partial charge in [-0.15, -0.1) is 0 Å². The molecule has 0 amide bonds. The molecule has 22 heavy (non-hydrogen) atoms. The van der Waals surface area contributed by atoms with Crippen molar-refractivity contribution >= 4 is 11.9 Å². The summed E-state index contributed by atoms with van der Waals surface area (Å²) in [6, 6.07) is 4.38. The van der Waals surface area contributed by atoms with Crippen LogP contribution < -0.4 is 10.1 Å². The monoisotopic (exact) mass is 305 g/mol. The van der Waals surface area contributed by atoms with E-state index in [1.54, 1.807) is 26.0 Å². The molecule has 0 bridgehead atoms. The Bertz CT molecular complexity index is 609. The Morgan fingerprint density at radius 3 is 2.95 bits per heavy atom. The Kier molecular flexibility index (Phi) is 5.04. The Morgan fingerprint density at radius 2 is 2.27 bits per heavy atom. The lowest BCUT2D eigenvalue weighted by molar-refractivity contribution is -0.140. The van der Waals surface area contributed by atoms with Gasteiger partial charge in [0, 0.05) is 18.2 Å². The number of carbonyl (C=O) groups is 2. The minimum Gasteiger partial charge on any atom is -0.493 e. The van der Waals surface area contributed by atoms with Crippen molar-refractivity contribution in [1.29, 1.82) is 0 Å². The second-order valence-electron chi connectivity index (χ2n) is 4.96. The van der Waals surface area contributed by atoms with E-state index in [1.807, 2.05) is 6.07 Å². The first-order chi connectivity index (χ1) is 10.5. The van der Waals surface area contributed by atoms with Gasteiger partial charge in [-0.05, 0) is 37.1 Å². The predicted molar refractivity (Wildman–Crippen MR) is 79.5 cm³/mol. The molecule has 6 heteroatoms. The molecular weight excluding hydrogens is 286 g/mol. The van der Waals surface area contributed by atoms with Crippen molar-refractivity contribution in [3.8, 4) is 5.75 Å². The highest BCUT2D eigenvalue weighted by atomic mass is 16.5. The zero-order chi connectivity index (χ0) is 16.1. The predicted octanol–water partition coefficient (Wildman–Crippen LogP) is 1.80. The second kappa shape index (κ2) is 6.98. The van der Waals surface area contributed by atoms with Gasteiger partial charge in [-0.3, -0.25) is 0 Å². The second-order valence-corrected chi connectivity index (χ2v) is 4.96. The molecule has 0 radical (unpaired) electrons. The smallest absolute Gasteiger partial charge is 0.332 e. The molecule has 118 valence electrons.